The van der Waals surface area contributed by atoms with Crippen LogP contribution < -0.4 is 15.4 Å². The molecule has 0 unspecified atom stereocenters. The molecule has 0 bridgehead atoms. The van der Waals surface area contributed by atoms with E-state index in [9.17, 15) is 0 Å². The molecule has 1 aromatic heterocycles. The molecule has 0 saturated heterocycles. The minimum Gasteiger partial charge on any atom is -0.494 e. The van der Waals surface area contributed by atoms with E-state index >= 15 is 0 Å². The summed E-state index contributed by atoms with van der Waals surface area (Å²) in [4.78, 5) is 1.97. The maximum atomic E-state index is 5.69. The van der Waals surface area contributed by atoms with Crippen LogP contribution in [0.2, 0.25) is 0 Å². The number of anilines is 1. The third-order valence-electron chi connectivity index (χ3n) is 2.72. The fourth-order valence-electron chi connectivity index (χ4n) is 1.57. The first kappa shape index (κ1) is 16.1. The van der Waals surface area contributed by atoms with Gasteiger partial charge in [-0.05, 0) is 24.1 Å². The van der Waals surface area contributed by atoms with Gasteiger partial charge in [-0.1, -0.05) is 35.2 Å². The highest BCUT2D eigenvalue weighted by Crippen LogP contribution is 2.27. The number of hydrogen-bond donors (Lipinski definition) is 1. The van der Waals surface area contributed by atoms with Crippen molar-refractivity contribution in [3.63, 3.8) is 0 Å². The summed E-state index contributed by atoms with van der Waals surface area (Å²) in [6.45, 7) is 1.27. The highest BCUT2D eigenvalue weighted by atomic mass is 32.2. The monoisotopic (exact) mass is 324 g/mol. The van der Waals surface area contributed by atoms with Gasteiger partial charge >= 0.3 is 0 Å². The molecule has 21 heavy (non-hydrogen) atoms. The Hall–Kier alpha value is -1.31. The van der Waals surface area contributed by atoms with Gasteiger partial charge in [0.25, 0.3) is 0 Å². The molecule has 5 nitrogen and oxygen atoms in total. The molecule has 0 aliphatic heterocycles. The summed E-state index contributed by atoms with van der Waals surface area (Å²) < 4.78 is 6.70. The van der Waals surface area contributed by atoms with Crippen molar-refractivity contribution in [3.8, 4) is 5.75 Å². The Morgan fingerprint density at radius 1 is 1.24 bits per heavy atom. The van der Waals surface area contributed by atoms with Gasteiger partial charge in [0.05, 0.1) is 6.61 Å². The van der Waals surface area contributed by atoms with Gasteiger partial charge in [-0.2, -0.15) is 0 Å². The van der Waals surface area contributed by atoms with E-state index in [1.54, 1.807) is 23.1 Å². The lowest BCUT2D eigenvalue weighted by Gasteiger charge is -2.06. The molecule has 1 aromatic carbocycles. The topological polar surface area (TPSA) is 64.3 Å². The zero-order valence-corrected chi connectivity index (χ0v) is 13.9. The number of benzene rings is 1. The fourth-order valence-corrected chi connectivity index (χ4v) is 3.32. The predicted octanol–water partition coefficient (Wildman–Crippen LogP) is 2.62. The highest BCUT2D eigenvalue weighted by molar-refractivity contribution is 8.01. The Morgan fingerprint density at radius 2 is 2.00 bits per heavy atom. The smallest absolute Gasteiger partial charge is 0.208 e. The minimum absolute atomic E-state index is 0.563. The Kier molecular flexibility index (Phi) is 6.28. The molecule has 0 aliphatic rings. The maximum absolute atomic E-state index is 5.69. The van der Waals surface area contributed by atoms with Crippen molar-refractivity contribution < 1.29 is 4.74 Å². The maximum Gasteiger partial charge on any atom is 0.208 e. The van der Waals surface area contributed by atoms with Gasteiger partial charge < -0.3 is 15.4 Å². The van der Waals surface area contributed by atoms with Crippen LogP contribution in [0, 0.1) is 0 Å². The van der Waals surface area contributed by atoms with Crippen molar-refractivity contribution in [1.29, 1.82) is 0 Å². The quantitative estimate of drug-likeness (QED) is 0.595. The highest BCUT2D eigenvalue weighted by Gasteiger charge is 2.05. The van der Waals surface area contributed by atoms with E-state index < -0.39 is 0 Å². The van der Waals surface area contributed by atoms with Gasteiger partial charge in [0, 0.05) is 26.4 Å². The Balaban J connectivity index is 1.65. The van der Waals surface area contributed by atoms with Crippen molar-refractivity contribution in [2.24, 2.45) is 5.73 Å². The van der Waals surface area contributed by atoms with Crippen LogP contribution in [0.3, 0.4) is 0 Å². The summed E-state index contributed by atoms with van der Waals surface area (Å²) in [6.07, 6.45) is 0.972. The van der Waals surface area contributed by atoms with E-state index in [-0.39, 0.29) is 0 Å². The van der Waals surface area contributed by atoms with Crippen LogP contribution in [0.15, 0.2) is 28.6 Å². The number of hydrogen-bond acceptors (Lipinski definition) is 7. The molecule has 0 fully saturated rings. The van der Waals surface area contributed by atoms with E-state index in [4.69, 9.17) is 10.5 Å². The molecule has 114 valence electrons. The molecular weight excluding hydrogens is 304 g/mol. The van der Waals surface area contributed by atoms with Crippen LogP contribution in [0.4, 0.5) is 5.13 Å². The van der Waals surface area contributed by atoms with Crippen molar-refractivity contribution in [3.05, 3.63) is 29.8 Å². The molecule has 0 radical (unpaired) electrons. The molecule has 1 heterocycles. The molecule has 2 aromatic rings. The molecule has 0 amide bonds. The summed E-state index contributed by atoms with van der Waals surface area (Å²) in [5.74, 6) is 1.87. The van der Waals surface area contributed by atoms with E-state index in [1.807, 2.05) is 43.3 Å². The molecule has 2 N–H and O–H groups in total. The second-order valence-electron chi connectivity index (χ2n) is 4.64. The number of nitrogens with zero attached hydrogens (tertiary/aromatic N) is 3. The zero-order valence-electron chi connectivity index (χ0n) is 12.3. The van der Waals surface area contributed by atoms with Gasteiger partial charge in [-0.25, -0.2) is 0 Å². The van der Waals surface area contributed by atoms with Gasteiger partial charge in [-0.3, -0.25) is 0 Å². The summed E-state index contributed by atoms with van der Waals surface area (Å²) in [7, 11) is 3.94. The Bertz CT molecular complexity index is 542. The average molecular weight is 324 g/mol. The Morgan fingerprint density at radius 3 is 2.62 bits per heavy atom. The zero-order chi connectivity index (χ0) is 15.1. The summed E-state index contributed by atoms with van der Waals surface area (Å²) in [6, 6.07) is 7.91. The average Bonchev–Trinajstić information content (AvgIpc) is 2.97. The van der Waals surface area contributed by atoms with Crippen LogP contribution in [0.25, 0.3) is 0 Å². The van der Waals surface area contributed by atoms with Gasteiger partial charge in [0.15, 0.2) is 4.34 Å². The van der Waals surface area contributed by atoms with Crippen molar-refractivity contribution in [2.75, 3.05) is 31.4 Å². The normalized spacial score (nSPS) is 10.6. The third-order valence-corrected chi connectivity index (χ3v) is 5.03. The second-order valence-corrected chi connectivity index (χ2v) is 6.94. The largest absolute Gasteiger partial charge is 0.494 e. The van der Waals surface area contributed by atoms with Crippen LogP contribution in [-0.4, -0.2) is 36.7 Å². The summed E-state index contributed by atoms with van der Waals surface area (Å²) >= 11 is 3.34. The van der Waals surface area contributed by atoms with E-state index in [0.29, 0.717) is 13.2 Å². The van der Waals surface area contributed by atoms with E-state index in [1.165, 1.54) is 0 Å². The van der Waals surface area contributed by atoms with Crippen LogP contribution in [0.1, 0.15) is 12.0 Å². The Labute approximate surface area is 133 Å². The van der Waals surface area contributed by atoms with Gasteiger partial charge in [0.2, 0.25) is 5.13 Å². The van der Waals surface area contributed by atoms with Gasteiger partial charge in [-0.15, -0.1) is 10.2 Å². The number of ether oxygens (including phenoxy) is 1. The summed E-state index contributed by atoms with van der Waals surface area (Å²) in [5, 5.41) is 9.20. The number of aromatic nitrogens is 2. The molecule has 0 spiro atoms. The van der Waals surface area contributed by atoms with Crippen LogP contribution in [-0.2, 0) is 6.54 Å². The molecule has 0 atom stereocenters. The van der Waals surface area contributed by atoms with Crippen molar-refractivity contribution in [1.82, 2.24) is 10.2 Å². The standard InChI is InChI=1S/C14H20N4OS2/c1-18(2)13-16-17-14(21-13)20-9-3-8-19-12-6-4-11(10-15)5-7-12/h4-7H,3,8-10,15H2,1-2H3. The second kappa shape index (κ2) is 8.21. The molecular formula is C14H20N4OS2. The predicted molar refractivity (Wildman–Crippen MR) is 89.4 cm³/mol. The molecule has 2 rings (SSSR count). The lowest BCUT2D eigenvalue weighted by Crippen LogP contribution is -2.07. The van der Waals surface area contributed by atoms with Crippen molar-refractivity contribution in [2.45, 2.75) is 17.3 Å². The molecule has 7 heteroatoms. The first-order valence-electron chi connectivity index (χ1n) is 6.74. The van der Waals surface area contributed by atoms with Crippen LogP contribution in [0.5, 0.6) is 5.75 Å². The van der Waals surface area contributed by atoms with Crippen LogP contribution >= 0.6 is 23.1 Å². The van der Waals surface area contributed by atoms with Crippen molar-refractivity contribution >= 4 is 28.2 Å². The minimum atomic E-state index is 0.563. The first-order valence-corrected chi connectivity index (χ1v) is 8.54. The third kappa shape index (κ3) is 5.18. The van der Waals surface area contributed by atoms with E-state index in [0.717, 1.165) is 33.0 Å². The number of nitrogens with two attached hydrogens (primary N) is 1. The number of rotatable bonds is 8. The lowest BCUT2D eigenvalue weighted by atomic mass is 10.2. The lowest BCUT2D eigenvalue weighted by molar-refractivity contribution is 0.318. The molecule has 0 aliphatic carbocycles. The van der Waals surface area contributed by atoms with Gasteiger partial charge in [0.1, 0.15) is 5.75 Å². The van der Waals surface area contributed by atoms with E-state index in [2.05, 4.69) is 10.2 Å². The molecule has 0 saturated carbocycles. The SMILES string of the molecule is CN(C)c1nnc(SCCCOc2ccc(CN)cc2)s1. The summed E-state index contributed by atoms with van der Waals surface area (Å²) in [5.41, 5.74) is 6.68. The number of thioether (sulfide) groups is 1. The fraction of sp³-hybridized carbons (Fsp3) is 0.429. The first-order chi connectivity index (χ1) is 10.2.